The zero-order valence-electron chi connectivity index (χ0n) is 10.8. The fourth-order valence-electron chi connectivity index (χ4n) is 2.38. The molecule has 6 nitrogen and oxygen atoms in total. The highest BCUT2D eigenvalue weighted by Gasteiger charge is 2.28. The molecule has 102 valence electrons. The first-order valence-corrected chi connectivity index (χ1v) is 7.79. The predicted molar refractivity (Wildman–Crippen MR) is 69.5 cm³/mol. The van der Waals surface area contributed by atoms with E-state index in [4.69, 9.17) is 0 Å². The maximum Gasteiger partial charge on any atom is 0.212 e. The van der Waals surface area contributed by atoms with Crippen LogP contribution in [0.2, 0.25) is 0 Å². The van der Waals surface area contributed by atoms with Gasteiger partial charge in [-0.25, -0.2) is 13.1 Å². The van der Waals surface area contributed by atoms with Crippen LogP contribution in [0.4, 0.5) is 0 Å². The molecule has 1 saturated heterocycles. The van der Waals surface area contributed by atoms with Crippen molar-refractivity contribution in [3.05, 3.63) is 18.0 Å². The number of rotatable bonds is 5. The first-order chi connectivity index (χ1) is 8.50. The number of nitrogens with one attached hydrogen (secondary N) is 1. The zero-order valence-corrected chi connectivity index (χ0v) is 11.7. The second-order valence-corrected chi connectivity index (χ2v) is 6.70. The number of aryl methyl sites for hydroxylation is 1. The van der Waals surface area contributed by atoms with Crippen LogP contribution in [0.3, 0.4) is 0 Å². The molecule has 1 N–H and O–H groups in total. The summed E-state index contributed by atoms with van der Waals surface area (Å²) < 4.78 is 27.4. The van der Waals surface area contributed by atoms with Crippen LogP contribution in [0.15, 0.2) is 12.3 Å². The average Bonchev–Trinajstić information content (AvgIpc) is 2.89. The van der Waals surface area contributed by atoms with Crippen LogP contribution in [0.25, 0.3) is 0 Å². The fraction of sp³-hybridized carbons (Fsp3) is 0.727. The van der Waals surface area contributed by atoms with Crippen molar-refractivity contribution in [3.8, 4) is 0 Å². The van der Waals surface area contributed by atoms with Crippen LogP contribution in [-0.2, 0) is 23.6 Å². The van der Waals surface area contributed by atoms with Crippen molar-refractivity contribution in [1.29, 1.82) is 0 Å². The van der Waals surface area contributed by atoms with Gasteiger partial charge in [-0.3, -0.25) is 9.58 Å². The van der Waals surface area contributed by atoms with Crippen molar-refractivity contribution in [2.75, 3.05) is 19.3 Å². The molecule has 0 bridgehead atoms. The Morgan fingerprint density at radius 1 is 1.56 bits per heavy atom. The minimum Gasteiger partial charge on any atom is -0.293 e. The van der Waals surface area contributed by atoms with Crippen LogP contribution in [-0.4, -0.2) is 48.5 Å². The van der Waals surface area contributed by atoms with E-state index < -0.39 is 10.0 Å². The molecule has 1 aliphatic heterocycles. The summed E-state index contributed by atoms with van der Waals surface area (Å²) in [5, 5.41) is 4.34. The highest BCUT2D eigenvalue weighted by atomic mass is 32.2. The molecule has 0 saturated carbocycles. The first kappa shape index (κ1) is 13.5. The molecule has 7 heteroatoms. The Kier molecular flexibility index (Phi) is 4.04. The summed E-state index contributed by atoms with van der Waals surface area (Å²) in [7, 11) is 0.211. The topological polar surface area (TPSA) is 67.2 Å². The molecule has 1 fully saturated rings. The average molecular weight is 272 g/mol. The van der Waals surface area contributed by atoms with Crippen LogP contribution < -0.4 is 4.72 Å². The van der Waals surface area contributed by atoms with E-state index in [0.29, 0.717) is 0 Å². The molecule has 0 aliphatic carbocycles. The molecule has 1 atom stereocenters. The van der Waals surface area contributed by atoms with Crippen LogP contribution in [0.1, 0.15) is 18.5 Å². The van der Waals surface area contributed by atoms with Gasteiger partial charge in [0.05, 0.1) is 11.4 Å². The quantitative estimate of drug-likeness (QED) is 0.815. The Bertz CT molecular complexity index is 497. The van der Waals surface area contributed by atoms with Gasteiger partial charge in [-0.15, -0.1) is 0 Å². The molecule has 1 aliphatic rings. The van der Waals surface area contributed by atoms with Gasteiger partial charge in [-0.2, -0.15) is 5.10 Å². The van der Waals surface area contributed by atoms with Gasteiger partial charge < -0.3 is 0 Å². The minimum absolute atomic E-state index is 0.101. The highest BCUT2D eigenvalue weighted by molar-refractivity contribution is 7.89. The van der Waals surface area contributed by atoms with Crippen molar-refractivity contribution in [1.82, 2.24) is 19.4 Å². The van der Waals surface area contributed by atoms with Gasteiger partial charge in [-0.1, -0.05) is 0 Å². The SMILES string of the molecule is CNS(=O)(=O)CC1CCCN1Cc1ccn(C)n1. The molecule has 0 spiro atoms. The summed E-state index contributed by atoms with van der Waals surface area (Å²) in [6.07, 6.45) is 3.90. The molecule has 2 rings (SSSR count). The molecule has 0 radical (unpaired) electrons. The molecule has 18 heavy (non-hydrogen) atoms. The number of hydrogen-bond donors (Lipinski definition) is 1. The highest BCUT2D eigenvalue weighted by Crippen LogP contribution is 2.20. The molecule has 0 amide bonds. The van der Waals surface area contributed by atoms with Gasteiger partial charge in [0.15, 0.2) is 0 Å². The Labute approximate surface area is 108 Å². The third-order valence-corrected chi connectivity index (χ3v) is 4.80. The summed E-state index contributed by atoms with van der Waals surface area (Å²) in [4.78, 5) is 2.21. The maximum absolute atomic E-state index is 11.6. The molecular weight excluding hydrogens is 252 g/mol. The summed E-state index contributed by atoms with van der Waals surface area (Å²) in [6.45, 7) is 1.67. The fourth-order valence-corrected chi connectivity index (χ4v) is 3.43. The molecular formula is C11H20N4O2S. The van der Waals surface area contributed by atoms with Crippen molar-refractivity contribution < 1.29 is 8.42 Å². The zero-order chi connectivity index (χ0) is 13.2. The summed E-state index contributed by atoms with van der Waals surface area (Å²) >= 11 is 0. The molecule has 0 aromatic carbocycles. The number of nitrogens with zero attached hydrogens (tertiary/aromatic N) is 3. The van der Waals surface area contributed by atoms with E-state index in [1.54, 1.807) is 4.68 Å². The summed E-state index contributed by atoms with van der Waals surface area (Å²) in [5.41, 5.74) is 0.992. The first-order valence-electron chi connectivity index (χ1n) is 6.14. The lowest BCUT2D eigenvalue weighted by Crippen LogP contribution is -2.38. The monoisotopic (exact) mass is 272 g/mol. The van der Waals surface area contributed by atoms with Crippen molar-refractivity contribution in [2.24, 2.45) is 7.05 Å². The van der Waals surface area contributed by atoms with Gasteiger partial charge >= 0.3 is 0 Å². The van der Waals surface area contributed by atoms with E-state index in [-0.39, 0.29) is 11.8 Å². The number of likely N-dealkylation sites (tertiary alicyclic amines) is 1. The second kappa shape index (κ2) is 5.38. The Hall–Kier alpha value is -0.920. The third-order valence-electron chi connectivity index (χ3n) is 3.36. The van der Waals surface area contributed by atoms with Crippen LogP contribution in [0.5, 0.6) is 0 Å². The molecule has 2 heterocycles. The largest absolute Gasteiger partial charge is 0.293 e. The van der Waals surface area contributed by atoms with E-state index in [2.05, 4.69) is 14.7 Å². The number of sulfonamides is 1. The van der Waals surface area contributed by atoms with Crippen molar-refractivity contribution >= 4 is 10.0 Å². The van der Waals surface area contributed by atoms with Gasteiger partial charge in [0.1, 0.15) is 0 Å². The standard InChI is InChI=1S/C11H20N4O2S/c1-12-18(16,17)9-11-4-3-6-15(11)8-10-5-7-14(2)13-10/h5,7,11-12H,3-4,6,8-9H2,1-2H3. The maximum atomic E-state index is 11.6. The normalized spacial score (nSPS) is 21.6. The lowest BCUT2D eigenvalue weighted by molar-refractivity contribution is 0.257. The minimum atomic E-state index is -3.14. The second-order valence-electron chi connectivity index (χ2n) is 4.73. The van der Waals surface area contributed by atoms with Gasteiger partial charge in [0.2, 0.25) is 10.0 Å². The summed E-state index contributed by atoms with van der Waals surface area (Å²) in [5.74, 6) is 0.177. The third kappa shape index (κ3) is 3.30. The number of hydrogen-bond acceptors (Lipinski definition) is 4. The lowest BCUT2D eigenvalue weighted by atomic mass is 10.2. The lowest BCUT2D eigenvalue weighted by Gasteiger charge is -2.23. The molecule has 1 aromatic rings. The van der Waals surface area contributed by atoms with E-state index in [1.807, 2.05) is 19.3 Å². The van der Waals surface area contributed by atoms with Crippen molar-refractivity contribution in [3.63, 3.8) is 0 Å². The Balaban J connectivity index is 1.99. The van der Waals surface area contributed by atoms with E-state index >= 15 is 0 Å². The van der Waals surface area contributed by atoms with Crippen LogP contribution in [0, 0.1) is 0 Å². The number of aromatic nitrogens is 2. The molecule has 1 unspecified atom stereocenters. The van der Waals surface area contributed by atoms with Crippen LogP contribution >= 0.6 is 0 Å². The van der Waals surface area contributed by atoms with Gasteiger partial charge in [0, 0.05) is 25.8 Å². The van der Waals surface area contributed by atoms with E-state index in [1.165, 1.54) is 7.05 Å². The van der Waals surface area contributed by atoms with E-state index in [9.17, 15) is 8.42 Å². The Morgan fingerprint density at radius 2 is 2.33 bits per heavy atom. The predicted octanol–water partition coefficient (Wildman–Crippen LogP) is -0.0663. The van der Waals surface area contributed by atoms with Gasteiger partial charge in [0.25, 0.3) is 0 Å². The summed E-state index contributed by atoms with van der Waals surface area (Å²) in [6, 6.07) is 2.08. The van der Waals surface area contributed by atoms with Crippen molar-refractivity contribution in [2.45, 2.75) is 25.4 Å². The van der Waals surface area contributed by atoms with Gasteiger partial charge in [-0.05, 0) is 32.5 Å². The smallest absolute Gasteiger partial charge is 0.212 e. The van der Waals surface area contributed by atoms with E-state index in [0.717, 1.165) is 31.6 Å². The Morgan fingerprint density at radius 3 is 2.94 bits per heavy atom. The molecule has 1 aromatic heterocycles.